The molecule has 0 aliphatic carbocycles. The molecule has 1 rings (SSSR count). The molecule has 0 heterocycles. The summed E-state index contributed by atoms with van der Waals surface area (Å²) in [6.07, 6.45) is 7.46. The lowest BCUT2D eigenvalue weighted by molar-refractivity contribution is -0.142. The highest BCUT2D eigenvalue weighted by atomic mass is 79.9. The molecule has 0 aromatic heterocycles. The van der Waals surface area contributed by atoms with Crippen LogP contribution < -0.4 is 30.7 Å². The molecule has 23 heteroatoms. The number of unbranched alkanes of at least 4 members (excludes halogenated alkanes) is 7. The monoisotopic (exact) mass is 995 g/mol. The van der Waals surface area contributed by atoms with Crippen molar-refractivity contribution in [1.82, 2.24) is 26.0 Å². The highest BCUT2D eigenvalue weighted by molar-refractivity contribution is 9.09. The predicted molar refractivity (Wildman–Crippen MR) is 237 cm³/mol. The summed E-state index contributed by atoms with van der Waals surface area (Å²) in [5.41, 5.74) is 0.207. The molecular formula is C41H66BrN5O16S. The minimum atomic E-state index is -3.86. The average molecular weight is 997 g/mol. The van der Waals surface area contributed by atoms with Gasteiger partial charge in [0.15, 0.2) is 0 Å². The van der Waals surface area contributed by atoms with Crippen LogP contribution in [0.1, 0.15) is 93.8 Å². The Balaban J connectivity index is 1.93. The minimum Gasteiger partial charge on any atom is -0.494 e. The number of benzene rings is 1. The second-order valence-electron chi connectivity index (χ2n) is 14.3. The molecule has 0 spiro atoms. The van der Waals surface area contributed by atoms with Gasteiger partial charge in [-0.3, -0.25) is 28.7 Å². The van der Waals surface area contributed by atoms with Crippen molar-refractivity contribution in [2.75, 3.05) is 90.2 Å². The summed E-state index contributed by atoms with van der Waals surface area (Å²) in [5, 5.41) is 28.7. The Morgan fingerprint density at radius 1 is 0.562 bits per heavy atom. The first kappa shape index (κ1) is 57.6. The van der Waals surface area contributed by atoms with E-state index in [9.17, 15) is 47.1 Å². The van der Waals surface area contributed by atoms with Crippen LogP contribution in [0.15, 0.2) is 24.3 Å². The van der Waals surface area contributed by atoms with E-state index in [1.54, 1.807) is 12.1 Å². The summed E-state index contributed by atoms with van der Waals surface area (Å²) in [7, 11) is -3.86. The maximum absolute atomic E-state index is 12.3. The molecule has 21 nitrogen and oxygen atoms in total. The van der Waals surface area contributed by atoms with Gasteiger partial charge in [-0.25, -0.2) is 18.0 Å². The standard InChI is InChI=1S/C41H66BrN5O16S/c42-29-37(50)43-18-8-7-11-34(41(55)56)46-39(52)31-62-27-25-60-23-20-45-38(51)30-61-26-24-59-22-19-44-35(48)13-10-28-64(57,58)47-36(49)12-6-4-2-1-3-5-9-21-63-33-16-14-32(15-17-33)40(53)54/h14-17,34H,1-13,18-31H2,(H,43,50)(H,44,48)(H,45,51)(H,46,52)(H,47,49)(H,53,54)(H,55,56)/t34-/m0/s1. The number of carboxylic acid groups (broad SMARTS) is 2. The lowest BCUT2D eigenvalue weighted by Gasteiger charge is -2.14. The van der Waals surface area contributed by atoms with E-state index < -0.39 is 39.8 Å². The highest BCUT2D eigenvalue weighted by Gasteiger charge is 2.20. The fraction of sp³-hybridized carbons (Fsp3) is 0.683. The molecule has 1 aromatic rings. The number of aliphatic carboxylic acids is 1. The third-order valence-corrected chi connectivity index (χ3v) is 10.7. The van der Waals surface area contributed by atoms with Crippen molar-refractivity contribution >= 4 is 67.4 Å². The maximum atomic E-state index is 12.3. The van der Waals surface area contributed by atoms with E-state index in [2.05, 4.69) is 41.9 Å². The van der Waals surface area contributed by atoms with Gasteiger partial charge in [0.25, 0.3) is 0 Å². The summed E-state index contributed by atoms with van der Waals surface area (Å²) in [5.74, 6) is -3.92. The molecule has 0 saturated heterocycles. The Hall–Kier alpha value is -4.42. The van der Waals surface area contributed by atoms with Crippen LogP contribution in [-0.4, -0.2) is 156 Å². The fourth-order valence-electron chi connectivity index (χ4n) is 5.53. The van der Waals surface area contributed by atoms with Gasteiger partial charge in [-0.05, 0) is 62.8 Å². The van der Waals surface area contributed by atoms with Crippen LogP contribution in [0.3, 0.4) is 0 Å². The van der Waals surface area contributed by atoms with E-state index >= 15 is 0 Å². The number of sulfonamides is 1. The zero-order valence-corrected chi connectivity index (χ0v) is 38.8. The zero-order chi connectivity index (χ0) is 47.3. The van der Waals surface area contributed by atoms with Crippen molar-refractivity contribution < 1.29 is 75.9 Å². The van der Waals surface area contributed by atoms with Crippen molar-refractivity contribution in [3.8, 4) is 5.75 Å². The molecule has 5 amide bonds. The predicted octanol–water partition coefficient (Wildman–Crippen LogP) is 1.66. The highest BCUT2D eigenvalue weighted by Crippen LogP contribution is 2.14. The number of halogens is 1. The molecule has 1 atom stereocenters. The van der Waals surface area contributed by atoms with Crippen molar-refractivity contribution in [1.29, 1.82) is 0 Å². The number of ether oxygens (including phenoxy) is 5. The Labute approximate surface area is 383 Å². The van der Waals surface area contributed by atoms with Crippen molar-refractivity contribution in [3.05, 3.63) is 29.8 Å². The largest absolute Gasteiger partial charge is 0.494 e. The van der Waals surface area contributed by atoms with E-state index in [0.717, 1.165) is 38.5 Å². The van der Waals surface area contributed by atoms with Crippen LogP contribution in [0, 0.1) is 0 Å². The van der Waals surface area contributed by atoms with E-state index in [4.69, 9.17) is 28.8 Å². The number of nitrogens with one attached hydrogen (secondary N) is 5. The van der Waals surface area contributed by atoms with Gasteiger partial charge in [-0.15, -0.1) is 0 Å². The number of amides is 5. The van der Waals surface area contributed by atoms with Gasteiger partial charge in [0.2, 0.25) is 39.6 Å². The summed E-state index contributed by atoms with van der Waals surface area (Å²) >= 11 is 3.03. The van der Waals surface area contributed by atoms with E-state index in [1.165, 1.54) is 12.1 Å². The Bertz CT molecular complexity index is 1640. The van der Waals surface area contributed by atoms with Gasteiger partial charge in [0, 0.05) is 32.5 Å². The molecule has 64 heavy (non-hydrogen) atoms. The van der Waals surface area contributed by atoms with Gasteiger partial charge in [0.05, 0.1) is 62.9 Å². The number of carbonyl (C=O) groups excluding carboxylic acids is 5. The van der Waals surface area contributed by atoms with Crippen LogP contribution in [0.25, 0.3) is 0 Å². The zero-order valence-electron chi connectivity index (χ0n) is 36.4. The number of hydrogen-bond donors (Lipinski definition) is 7. The van der Waals surface area contributed by atoms with Crippen LogP contribution in [0.4, 0.5) is 0 Å². The summed E-state index contributed by atoms with van der Waals surface area (Å²) in [4.78, 5) is 81.6. The van der Waals surface area contributed by atoms with E-state index in [0.29, 0.717) is 38.2 Å². The van der Waals surface area contributed by atoms with Crippen LogP contribution in [-0.2, 0) is 57.7 Å². The second-order valence-corrected chi connectivity index (χ2v) is 16.7. The molecule has 0 aliphatic rings. The Kier molecular flexibility index (Phi) is 33.2. The Morgan fingerprint density at radius 2 is 1.11 bits per heavy atom. The normalized spacial score (nSPS) is 11.6. The van der Waals surface area contributed by atoms with Crippen molar-refractivity contribution in [2.24, 2.45) is 0 Å². The average Bonchev–Trinajstić information content (AvgIpc) is 3.25. The number of rotatable bonds is 41. The molecule has 0 fully saturated rings. The number of hydrogen-bond acceptors (Lipinski definition) is 14. The summed E-state index contributed by atoms with van der Waals surface area (Å²) in [6.45, 7) is 1.67. The smallest absolute Gasteiger partial charge is 0.335 e. The van der Waals surface area contributed by atoms with Crippen LogP contribution >= 0.6 is 15.9 Å². The molecule has 0 saturated carbocycles. The van der Waals surface area contributed by atoms with Crippen molar-refractivity contribution in [2.45, 2.75) is 89.5 Å². The number of aromatic carboxylic acids is 1. The topological polar surface area (TPSA) is 300 Å². The van der Waals surface area contributed by atoms with Crippen LogP contribution in [0.5, 0.6) is 5.75 Å². The summed E-state index contributed by atoms with van der Waals surface area (Å²) < 4.78 is 53.3. The third kappa shape index (κ3) is 33.1. The summed E-state index contributed by atoms with van der Waals surface area (Å²) in [6, 6.07) is 5.19. The minimum absolute atomic E-state index is 0.0385. The molecule has 7 N–H and O–H groups in total. The van der Waals surface area contributed by atoms with Gasteiger partial charge in [-0.1, -0.05) is 48.0 Å². The number of alkyl halides is 1. The van der Waals surface area contributed by atoms with Gasteiger partial charge >= 0.3 is 11.9 Å². The van der Waals surface area contributed by atoms with Crippen LogP contribution in [0.2, 0.25) is 0 Å². The first-order chi connectivity index (χ1) is 30.7. The SMILES string of the molecule is O=C(CBr)NCCCC[C@H](NC(=O)COCCOCCNC(=O)COCCOCCNC(=O)CCCS(=O)(=O)NC(=O)CCCCCCCCCOc1ccc(C(=O)O)cc1)C(=O)O. The fourth-order valence-corrected chi connectivity index (χ4v) is 6.80. The lowest BCUT2D eigenvalue weighted by Crippen LogP contribution is -2.42. The third-order valence-electron chi connectivity index (χ3n) is 8.85. The quantitative estimate of drug-likeness (QED) is 0.0363. The first-order valence-corrected chi connectivity index (χ1v) is 24.2. The van der Waals surface area contributed by atoms with Gasteiger partial charge in [-0.2, -0.15) is 0 Å². The second kappa shape index (κ2) is 36.9. The molecule has 0 radical (unpaired) electrons. The molecule has 0 unspecified atom stereocenters. The lowest BCUT2D eigenvalue weighted by atomic mass is 10.1. The maximum Gasteiger partial charge on any atom is 0.335 e. The molecule has 0 bridgehead atoms. The van der Waals surface area contributed by atoms with Gasteiger partial charge in [0.1, 0.15) is 25.0 Å². The van der Waals surface area contributed by atoms with E-state index in [-0.39, 0.29) is 126 Å². The number of carboxylic acids is 2. The first-order valence-electron chi connectivity index (χ1n) is 21.4. The number of carbonyl (C=O) groups is 7. The molecular weight excluding hydrogens is 930 g/mol. The Morgan fingerprint density at radius 3 is 1.72 bits per heavy atom. The molecule has 364 valence electrons. The van der Waals surface area contributed by atoms with Gasteiger partial charge < -0.3 is 55.2 Å². The molecule has 1 aromatic carbocycles. The van der Waals surface area contributed by atoms with E-state index in [1.807, 2.05) is 0 Å². The van der Waals surface area contributed by atoms with Crippen molar-refractivity contribution in [3.63, 3.8) is 0 Å². The molecule has 0 aliphatic heterocycles.